The fourth-order valence-electron chi connectivity index (χ4n) is 6.83. The van der Waals surface area contributed by atoms with E-state index in [0.717, 1.165) is 5.56 Å². The van der Waals surface area contributed by atoms with Crippen LogP contribution in [0.15, 0.2) is 77.7 Å². The van der Waals surface area contributed by atoms with E-state index in [9.17, 15) is 18.0 Å². The van der Waals surface area contributed by atoms with Crippen molar-refractivity contribution in [1.82, 2.24) is 14.9 Å². The van der Waals surface area contributed by atoms with Gasteiger partial charge in [-0.2, -0.15) is 4.31 Å². The van der Waals surface area contributed by atoms with Gasteiger partial charge >= 0.3 is 6.09 Å². The zero-order valence-electron chi connectivity index (χ0n) is 27.0. The maximum Gasteiger partial charge on any atom is 0.407 e. The van der Waals surface area contributed by atoms with Crippen molar-refractivity contribution in [3.8, 4) is 0 Å². The number of alkyl carbamates (subject to hydrolysis) is 1. The summed E-state index contributed by atoms with van der Waals surface area (Å²) >= 11 is 6.18. The number of anilines is 1. The van der Waals surface area contributed by atoms with Crippen LogP contribution in [0.4, 0.5) is 14.9 Å². The number of hydrogen-bond acceptors (Lipinski definition) is 7. The maximum absolute atomic E-state index is 15.5. The minimum atomic E-state index is -3.82. The first-order valence-corrected chi connectivity index (χ1v) is 18.0. The first kappa shape index (κ1) is 35.7. The molecule has 258 valence electrons. The summed E-state index contributed by atoms with van der Waals surface area (Å²) in [5.41, 5.74) is 1.29. The summed E-state index contributed by atoms with van der Waals surface area (Å²) in [6.07, 6.45) is 1.01. The zero-order valence-corrected chi connectivity index (χ0v) is 28.6. The molecule has 0 spiro atoms. The van der Waals surface area contributed by atoms with Gasteiger partial charge in [0.25, 0.3) is 0 Å². The van der Waals surface area contributed by atoms with Gasteiger partial charge in [-0.3, -0.25) is 4.79 Å². The van der Waals surface area contributed by atoms with Gasteiger partial charge in [-0.15, -0.1) is 0 Å². The summed E-state index contributed by atoms with van der Waals surface area (Å²) in [6, 6.07) is 18.0. The lowest BCUT2D eigenvalue weighted by atomic mass is 9.76. The Hall–Kier alpha value is -3.55. The van der Waals surface area contributed by atoms with Crippen molar-refractivity contribution in [3.63, 3.8) is 0 Å². The SMILES string of the molecule is COC(=O)N[C@H](C(=O)Nc1cccc(F)c1CC[C@H]1CNC[C@@H](C)N1S(=O)(=O)c1ccccc1)C(c1ccc(Cl)cc1)C1CCOCC1. The number of benzene rings is 3. The molecule has 48 heavy (non-hydrogen) atoms. The second kappa shape index (κ2) is 16.2. The van der Waals surface area contributed by atoms with Crippen LogP contribution >= 0.6 is 11.6 Å². The predicted molar refractivity (Wildman–Crippen MR) is 182 cm³/mol. The average Bonchev–Trinajstić information content (AvgIpc) is 3.09. The number of carbonyl (C=O) groups is 2. The molecule has 2 saturated heterocycles. The molecule has 2 aliphatic rings. The number of nitrogens with zero attached hydrogens (tertiary/aromatic N) is 1. The Morgan fingerprint density at radius 2 is 1.75 bits per heavy atom. The highest BCUT2D eigenvalue weighted by atomic mass is 35.5. The highest BCUT2D eigenvalue weighted by Gasteiger charge is 2.39. The first-order chi connectivity index (χ1) is 23.1. The van der Waals surface area contributed by atoms with Crippen LogP contribution in [0, 0.1) is 11.7 Å². The van der Waals surface area contributed by atoms with E-state index in [2.05, 4.69) is 16.0 Å². The lowest BCUT2D eigenvalue weighted by Gasteiger charge is -2.40. The number of hydrogen-bond donors (Lipinski definition) is 3. The number of piperazine rings is 1. The van der Waals surface area contributed by atoms with Gasteiger partial charge in [-0.1, -0.05) is 48.0 Å². The third-order valence-electron chi connectivity index (χ3n) is 9.17. The largest absolute Gasteiger partial charge is 0.453 e. The Kier molecular flexibility index (Phi) is 12.1. The smallest absolute Gasteiger partial charge is 0.407 e. The van der Waals surface area contributed by atoms with Crippen LogP contribution in [-0.2, 0) is 30.7 Å². The van der Waals surface area contributed by atoms with Crippen molar-refractivity contribution in [2.24, 2.45) is 5.92 Å². The third-order valence-corrected chi connectivity index (χ3v) is 11.5. The van der Waals surface area contributed by atoms with E-state index in [1.54, 1.807) is 48.5 Å². The van der Waals surface area contributed by atoms with Crippen LogP contribution in [0.3, 0.4) is 0 Å². The predicted octanol–water partition coefficient (Wildman–Crippen LogP) is 5.34. The molecule has 0 radical (unpaired) electrons. The second-order valence-corrected chi connectivity index (χ2v) is 14.5. The van der Waals surface area contributed by atoms with E-state index < -0.39 is 45.8 Å². The van der Waals surface area contributed by atoms with Gasteiger partial charge in [0.1, 0.15) is 11.9 Å². The average molecular weight is 701 g/mol. The summed E-state index contributed by atoms with van der Waals surface area (Å²) < 4.78 is 55.0. The molecule has 3 N–H and O–H groups in total. The lowest BCUT2D eigenvalue weighted by molar-refractivity contribution is -0.119. The number of rotatable bonds is 11. The maximum atomic E-state index is 15.5. The van der Waals surface area contributed by atoms with Crippen molar-refractivity contribution in [3.05, 3.63) is 94.8 Å². The van der Waals surface area contributed by atoms with Gasteiger partial charge in [-0.25, -0.2) is 17.6 Å². The van der Waals surface area contributed by atoms with E-state index in [4.69, 9.17) is 21.1 Å². The molecule has 13 heteroatoms. The summed E-state index contributed by atoms with van der Waals surface area (Å²) in [4.78, 5) is 27.0. The quantitative estimate of drug-likeness (QED) is 0.247. The molecule has 0 saturated carbocycles. The monoisotopic (exact) mass is 700 g/mol. The minimum absolute atomic E-state index is 0.0156. The van der Waals surface area contributed by atoms with Crippen molar-refractivity contribution in [2.75, 3.05) is 38.7 Å². The second-order valence-electron chi connectivity index (χ2n) is 12.2. The van der Waals surface area contributed by atoms with Crippen LogP contribution in [-0.4, -0.2) is 76.3 Å². The van der Waals surface area contributed by atoms with Gasteiger partial charge in [-0.05, 0) is 80.5 Å². The molecule has 3 aromatic rings. The van der Waals surface area contributed by atoms with E-state index >= 15 is 4.39 Å². The molecule has 10 nitrogen and oxygen atoms in total. The van der Waals surface area contributed by atoms with Crippen LogP contribution in [0.25, 0.3) is 0 Å². The van der Waals surface area contributed by atoms with Gasteiger partial charge in [0.15, 0.2) is 0 Å². The molecule has 3 aromatic carbocycles. The van der Waals surface area contributed by atoms with Crippen LogP contribution in [0.2, 0.25) is 5.02 Å². The topological polar surface area (TPSA) is 126 Å². The van der Waals surface area contributed by atoms with Crippen LogP contribution < -0.4 is 16.0 Å². The summed E-state index contributed by atoms with van der Waals surface area (Å²) in [5, 5.41) is 9.46. The number of methoxy groups -OCH3 is 1. The summed E-state index contributed by atoms with van der Waals surface area (Å²) in [7, 11) is -2.59. The Labute approximate surface area is 286 Å². The normalized spacial score (nSPS) is 20.4. The zero-order chi connectivity index (χ0) is 34.3. The van der Waals surface area contributed by atoms with Gasteiger partial charge in [0, 0.05) is 60.6 Å². The number of nitrogens with one attached hydrogen (secondary N) is 3. The molecule has 2 fully saturated rings. The summed E-state index contributed by atoms with van der Waals surface area (Å²) in [5.74, 6) is -1.55. The van der Waals surface area contributed by atoms with Crippen molar-refractivity contribution < 1.29 is 31.9 Å². The molecule has 4 atom stereocenters. The van der Waals surface area contributed by atoms with Gasteiger partial charge in [0.05, 0.1) is 12.0 Å². The number of carbonyl (C=O) groups excluding carboxylic acids is 2. The molecule has 0 aliphatic carbocycles. The number of sulfonamides is 1. The van der Waals surface area contributed by atoms with Crippen LogP contribution in [0.1, 0.15) is 43.2 Å². The molecule has 1 unspecified atom stereocenters. The Morgan fingerprint density at radius 3 is 2.44 bits per heavy atom. The molecular weight excluding hydrogens is 659 g/mol. The minimum Gasteiger partial charge on any atom is -0.453 e. The highest BCUT2D eigenvalue weighted by Crippen LogP contribution is 2.36. The fraction of sp³-hybridized carbons (Fsp3) is 0.429. The van der Waals surface area contributed by atoms with E-state index in [1.165, 1.54) is 23.5 Å². The third kappa shape index (κ3) is 8.35. The summed E-state index contributed by atoms with van der Waals surface area (Å²) in [6.45, 7) is 3.76. The van der Waals surface area contributed by atoms with Gasteiger partial charge < -0.3 is 25.4 Å². The van der Waals surface area contributed by atoms with Crippen molar-refractivity contribution in [1.29, 1.82) is 0 Å². The standard InChI is InChI=1S/C35H42ClFN4O6S/c1-23-21-38-22-27(41(23)48(44,45)28-7-4-3-5-8-28)15-16-29-30(37)9-6-10-31(29)39-34(42)33(40-35(43)46-2)32(25-17-19-47-20-18-25)24-11-13-26(36)14-12-24/h3-14,23,25,27,32-33,38H,15-22H2,1-2H3,(H,39,42)(H,40,43)/t23-,27+,32?,33+/m1/s1. The molecule has 2 aliphatic heterocycles. The Bertz CT molecular complexity index is 1660. The lowest BCUT2D eigenvalue weighted by Crippen LogP contribution is -2.58. The number of amides is 2. The Morgan fingerprint density at radius 1 is 1.04 bits per heavy atom. The van der Waals surface area contributed by atoms with Crippen LogP contribution in [0.5, 0.6) is 0 Å². The number of ether oxygens (including phenoxy) is 2. The molecule has 0 bridgehead atoms. The van der Waals surface area contributed by atoms with E-state index in [1.807, 2.05) is 19.1 Å². The number of halogens is 2. The Balaban J connectivity index is 1.42. The van der Waals surface area contributed by atoms with Crippen molar-refractivity contribution >= 4 is 39.3 Å². The first-order valence-electron chi connectivity index (χ1n) is 16.2. The molecule has 0 aromatic heterocycles. The molecule has 2 heterocycles. The molecule has 5 rings (SSSR count). The van der Waals surface area contributed by atoms with Crippen molar-refractivity contribution in [2.45, 2.75) is 61.5 Å². The molecular formula is C35H42ClFN4O6S. The van der Waals surface area contributed by atoms with Gasteiger partial charge in [0.2, 0.25) is 15.9 Å². The van der Waals surface area contributed by atoms with E-state index in [-0.39, 0.29) is 34.5 Å². The molecule has 2 amide bonds. The highest BCUT2D eigenvalue weighted by molar-refractivity contribution is 7.89. The van der Waals surface area contributed by atoms with E-state index in [0.29, 0.717) is 50.6 Å². The fourth-order valence-corrected chi connectivity index (χ4v) is 8.82.